The van der Waals surface area contributed by atoms with Gasteiger partial charge in [-0.3, -0.25) is 0 Å². The average Bonchev–Trinajstić information content (AvgIpc) is 1.84. The maximum absolute atomic E-state index is 8.99. The molecule has 0 aromatic carbocycles. The number of nitrogens with two attached hydrogens (primary N) is 1. The van der Waals surface area contributed by atoms with Crippen LogP contribution in [0.2, 0.25) is 0 Å². The molecule has 0 radical (unpaired) electrons. The van der Waals surface area contributed by atoms with Gasteiger partial charge in [0.15, 0.2) is 0 Å². The van der Waals surface area contributed by atoms with Gasteiger partial charge in [-0.1, -0.05) is 0 Å². The molecule has 0 amide bonds. The molecule has 0 fully saturated rings. The Morgan fingerprint density at radius 3 is 2.11 bits per heavy atom. The van der Waals surface area contributed by atoms with Crippen molar-refractivity contribution >= 4 is 0 Å². The first-order valence-corrected chi connectivity index (χ1v) is 2.82. The first kappa shape index (κ1) is 8.46. The molecule has 0 spiro atoms. The number of hydrogen-bond acceptors (Lipinski definition) is 3. The average molecular weight is 131 g/mol. The first-order chi connectivity index (χ1) is 4.09. The summed E-state index contributed by atoms with van der Waals surface area (Å²) in [5.74, 6) is 0.0810. The first-order valence-electron chi connectivity index (χ1n) is 2.82. The van der Waals surface area contributed by atoms with Crippen LogP contribution in [0.25, 0.3) is 0 Å². The second kappa shape index (κ2) is 3.48. The van der Waals surface area contributed by atoms with Gasteiger partial charge < -0.3 is 15.9 Å². The summed E-state index contributed by atoms with van der Waals surface area (Å²) in [5, 5.41) is 17.4. The van der Waals surface area contributed by atoms with Gasteiger partial charge in [0, 0.05) is 0 Å². The molecular weight excluding hydrogens is 118 g/mol. The molecule has 1 atom stereocenters. The molecule has 0 heterocycles. The number of aliphatic hydroxyl groups is 2. The van der Waals surface area contributed by atoms with Crippen LogP contribution in [0.1, 0.15) is 13.8 Å². The zero-order chi connectivity index (χ0) is 7.44. The van der Waals surface area contributed by atoms with Gasteiger partial charge in [0.2, 0.25) is 0 Å². The topological polar surface area (TPSA) is 66.5 Å². The standard InChI is InChI=1S/C6H13NO2/c1-4(2)6(9)5(7)3-8/h5,8-9H,3,7H2,1-2H3/t5-/m1/s1. The van der Waals surface area contributed by atoms with E-state index in [9.17, 15) is 0 Å². The van der Waals surface area contributed by atoms with Gasteiger partial charge in [0.1, 0.15) is 5.76 Å². The number of hydrogen-bond donors (Lipinski definition) is 3. The van der Waals surface area contributed by atoms with Crippen molar-refractivity contribution in [3.05, 3.63) is 11.3 Å². The van der Waals surface area contributed by atoms with Gasteiger partial charge >= 0.3 is 0 Å². The SMILES string of the molecule is CC(C)=C(O)[C@H](N)CO. The van der Waals surface area contributed by atoms with E-state index >= 15 is 0 Å². The monoisotopic (exact) mass is 131 g/mol. The van der Waals surface area contributed by atoms with Crippen molar-refractivity contribution in [1.82, 2.24) is 0 Å². The van der Waals surface area contributed by atoms with Crippen LogP contribution in [0.15, 0.2) is 11.3 Å². The van der Waals surface area contributed by atoms with Crippen LogP contribution in [0.4, 0.5) is 0 Å². The smallest absolute Gasteiger partial charge is 0.110 e. The summed E-state index contributed by atoms with van der Waals surface area (Å²) in [6, 6.07) is -0.616. The van der Waals surface area contributed by atoms with Gasteiger partial charge in [-0.15, -0.1) is 0 Å². The number of aliphatic hydroxyl groups excluding tert-OH is 2. The predicted octanol–water partition coefficient (Wildman–Crippen LogP) is 0.158. The molecule has 0 rings (SSSR count). The third-order valence-corrected chi connectivity index (χ3v) is 1.06. The molecule has 4 N–H and O–H groups in total. The van der Waals surface area contributed by atoms with E-state index < -0.39 is 6.04 Å². The molecule has 9 heavy (non-hydrogen) atoms. The van der Waals surface area contributed by atoms with Crippen molar-refractivity contribution in [3.63, 3.8) is 0 Å². The van der Waals surface area contributed by atoms with E-state index in [0.717, 1.165) is 5.57 Å². The third-order valence-electron chi connectivity index (χ3n) is 1.06. The van der Waals surface area contributed by atoms with Crippen LogP contribution in [0.3, 0.4) is 0 Å². The summed E-state index contributed by atoms with van der Waals surface area (Å²) >= 11 is 0. The minimum Gasteiger partial charge on any atom is -0.511 e. The van der Waals surface area contributed by atoms with E-state index in [2.05, 4.69) is 0 Å². The summed E-state index contributed by atoms with van der Waals surface area (Å²) in [5.41, 5.74) is 6.01. The predicted molar refractivity (Wildman–Crippen MR) is 36.1 cm³/mol. The minimum absolute atomic E-state index is 0.0810. The van der Waals surface area contributed by atoms with Gasteiger partial charge in [0.05, 0.1) is 12.6 Å². The van der Waals surface area contributed by atoms with Crippen molar-refractivity contribution in [1.29, 1.82) is 0 Å². The summed E-state index contributed by atoms with van der Waals surface area (Å²) in [4.78, 5) is 0. The molecule has 3 heteroatoms. The largest absolute Gasteiger partial charge is 0.511 e. The van der Waals surface area contributed by atoms with Crippen molar-refractivity contribution in [2.45, 2.75) is 19.9 Å². The Labute approximate surface area is 54.8 Å². The lowest BCUT2D eigenvalue weighted by Gasteiger charge is -2.07. The zero-order valence-corrected chi connectivity index (χ0v) is 5.76. The Morgan fingerprint density at radius 2 is 2.00 bits per heavy atom. The third kappa shape index (κ3) is 2.49. The minimum atomic E-state index is -0.616. The van der Waals surface area contributed by atoms with Crippen molar-refractivity contribution in [3.8, 4) is 0 Å². The highest BCUT2D eigenvalue weighted by atomic mass is 16.3. The molecule has 0 aliphatic rings. The molecule has 0 aliphatic carbocycles. The lowest BCUT2D eigenvalue weighted by atomic mass is 10.2. The molecule has 0 aromatic heterocycles. The van der Waals surface area contributed by atoms with Gasteiger partial charge in [-0.05, 0) is 19.4 Å². The molecule has 0 saturated heterocycles. The summed E-state index contributed by atoms with van der Waals surface area (Å²) in [6.07, 6.45) is 0. The van der Waals surface area contributed by atoms with Crippen LogP contribution in [-0.4, -0.2) is 22.9 Å². The second-order valence-corrected chi connectivity index (χ2v) is 2.17. The van der Waals surface area contributed by atoms with Crippen molar-refractivity contribution < 1.29 is 10.2 Å². The quantitative estimate of drug-likeness (QED) is 0.467. The molecular formula is C6H13NO2. The van der Waals surface area contributed by atoms with Gasteiger partial charge in [0.25, 0.3) is 0 Å². The molecule has 0 saturated carbocycles. The highest BCUT2D eigenvalue weighted by Gasteiger charge is 2.05. The van der Waals surface area contributed by atoms with Gasteiger partial charge in [-0.25, -0.2) is 0 Å². The van der Waals surface area contributed by atoms with E-state index in [-0.39, 0.29) is 12.4 Å². The van der Waals surface area contributed by atoms with Crippen molar-refractivity contribution in [2.24, 2.45) is 5.73 Å². The fourth-order valence-corrected chi connectivity index (χ4v) is 0.457. The van der Waals surface area contributed by atoms with Crippen LogP contribution >= 0.6 is 0 Å². The second-order valence-electron chi connectivity index (χ2n) is 2.17. The van der Waals surface area contributed by atoms with E-state index in [1.54, 1.807) is 13.8 Å². The van der Waals surface area contributed by atoms with Crippen LogP contribution in [-0.2, 0) is 0 Å². The Bertz CT molecular complexity index is 116. The highest BCUT2D eigenvalue weighted by molar-refractivity contribution is 5.07. The number of allylic oxidation sites excluding steroid dienone is 1. The highest BCUT2D eigenvalue weighted by Crippen LogP contribution is 2.01. The Balaban J connectivity index is 4.02. The number of rotatable bonds is 2. The Morgan fingerprint density at radius 1 is 1.56 bits per heavy atom. The Kier molecular flexibility index (Phi) is 3.27. The van der Waals surface area contributed by atoms with E-state index in [4.69, 9.17) is 15.9 Å². The lowest BCUT2D eigenvalue weighted by molar-refractivity contribution is 0.241. The van der Waals surface area contributed by atoms with Crippen LogP contribution < -0.4 is 5.73 Å². The molecule has 0 unspecified atom stereocenters. The van der Waals surface area contributed by atoms with E-state index in [1.807, 2.05) is 0 Å². The Hall–Kier alpha value is -0.540. The maximum Gasteiger partial charge on any atom is 0.110 e. The van der Waals surface area contributed by atoms with Crippen molar-refractivity contribution in [2.75, 3.05) is 6.61 Å². The summed E-state index contributed by atoms with van der Waals surface area (Å²) in [7, 11) is 0. The lowest BCUT2D eigenvalue weighted by Crippen LogP contribution is -2.27. The van der Waals surface area contributed by atoms with E-state index in [1.165, 1.54) is 0 Å². The molecule has 3 nitrogen and oxygen atoms in total. The summed E-state index contributed by atoms with van der Waals surface area (Å²) in [6.45, 7) is 3.27. The molecule has 0 aromatic rings. The van der Waals surface area contributed by atoms with E-state index in [0.29, 0.717) is 0 Å². The fourth-order valence-electron chi connectivity index (χ4n) is 0.457. The van der Waals surface area contributed by atoms with Gasteiger partial charge in [-0.2, -0.15) is 0 Å². The molecule has 0 aliphatic heterocycles. The normalized spacial score (nSPS) is 12.9. The van der Waals surface area contributed by atoms with Crippen LogP contribution in [0, 0.1) is 0 Å². The fraction of sp³-hybridized carbons (Fsp3) is 0.667. The summed E-state index contributed by atoms with van der Waals surface area (Å²) < 4.78 is 0. The molecule has 54 valence electrons. The zero-order valence-electron chi connectivity index (χ0n) is 5.76. The van der Waals surface area contributed by atoms with Crippen LogP contribution in [0.5, 0.6) is 0 Å². The maximum atomic E-state index is 8.99. The molecule has 0 bridgehead atoms.